The summed E-state index contributed by atoms with van der Waals surface area (Å²) in [6.07, 6.45) is 5.19. The number of thioether (sulfide) groups is 1. The van der Waals surface area contributed by atoms with Gasteiger partial charge in [0, 0.05) is 24.5 Å². The van der Waals surface area contributed by atoms with Crippen molar-refractivity contribution in [1.82, 2.24) is 14.7 Å². The van der Waals surface area contributed by atoms with Crippen LogP contribution in [0.15, 0.2) is 12.3 Å². The maximum atomic E-state index is 5.55. The summed E-state index contributed by atoms with van der Waals surface area (Å²) in [5, 5.41) is 4.16. The average Bonchev–Trinajstić information content (AvgIpc) is 2.64. The van der Waals surface area contributed by atoms with E-state index in [4.69, 9.17) is 5.73 Å². The van der Waals surface area contributed by atoms with Crippen LogP contribution in [-0.2, 0) is 6.54 Å². The summed E-state index contributed by atoms with van der Waals surface area (Å²) in [5.41, 5.74) is 5.55. The Hall–Kier alpha value is -0.680. The molecule has 92 valence electrons. The second kappa shape index (κ2) is 6.81. The van der Waals surface area contributed by atoms with Crippen molar-refractivity contribution >= 4 is 17.6 Å². The first-order chi connectivity index (χ1) is 7.63. The Balaban J connectivity index is 2.19. The van der Waals surface area contributed by atoms with Crippen LogP contribution in [0.3, 0.4) is 0 Å². The molecule has 4 nitrogen and oxygen atoms in total. The monoisotopic (exact) mass is 242 g/mol. The van der Waals surface area contributed by atoms with Crippen LogP contribution in [0.25, 0.3) is 0 Å². The molecular weight excluding hydrogens is 220 g/mol. The first-order valence-electron chi connectivity index (χ1n) is 5.61. The minimum absolute atomic E-state index is 0.601. The highest BCUT2D eigenvalue weighted by molar-refractivity contribution is 7.98. The zero-order valence-electron chi connectivity index (χ0n) is 10.4. The van der Waals surface area contributed by atoms with Crippen LogP contribution in [0, 0.1) is 0 Å². The summed E-state index contributed by atoms with van der Waals surface area (Å²) >= 11 is 1.90. The van der Waals surface area contributed by atoms with Gasteiger partial charge in [0.1, 0.15) is 5.82 Å². The van der Waals surface area contributed by atoms with Crippen LogP contribution < -0.4 is 5.73 Å². The fourth-order valence-electron chi connectivity index (χ4n) is 1.57. The number of hydrogen-bond acceptors (Lipinski definition) is 4. The SMILES string of the molecule is CSCC(C)N(C)CCCn1ccc(N)n1. The van der Waals surface area contributed by atoms with Gasteiger partial charge < -0.3 is 10.6 Å². The largest absolute Gasteiger partial charge is 0.382 e. The molecule has 1 aromatic rings. The Kier molecular flexibility index (Phi) is 5.69. The molecule has 16 heavy (non-hydrogen) atoms. The Bertz CT molecular complexity index is 300. The maximum absolute atomic E-state index is 5.55. The highest BCUT2D eigenvalue weighted by Crippen LogP contribution is 2.05. The lowest BCUT2D eigenvalue weighted by Crippen LogP contribution is -2.32. The molecule has 0 aromatic carbocycles. The van der Waals surface area contributed by atoms with Crippen LogP contribution in [0.5, 0.6) is 0 Å². The highest BCUT2D eigenvalue weighted by atomic mass is 32.2. The third-order valence-corrected chi connectivity index (χ3v) is 3.54. The Morgan fingerprint density at radius 1 is 1.62 bits per heavy atom. The van der Waals surface area contributed by atoms with Crippen molar-refractivity contribution in [3.63, 3.8) is 0 Å². The van der Waals surface area contributed by atoms with Gasteiger partial charge in [0.05, 0.1) is 0 Å². The predicted molar refractivity (Wildman–Crippen MR) is 71.7 cm³/mol. The van der Waals surface area contributed by atoms with Gasteiger partial charge in [0.25, 0.3) is 0 Å². The molecule has 0 aliphatic carbocycles. The molecule has 0 aliphatic rings. The van der Waals surface area contributed by atoms with Gasteiger partial charge in [-0.3, -0.25) is 4.68 Å². The number of rotatable bonds is 7. The van der Waals surface area contributed by atoms with E-state index in [2.05, 4.69) is 30.2 Å². The molecule has 1 atom stereocenters. The van der Waals surface area contributed by atoms with Crippen LogP contribution in [-0.4, -0.2) is 46.3 Å². The van der Waals surface area contributed by atoms with Crippen molar-refractivity contribution in [3.05, 3.63) is 12.3 Å². The third-order valence-electron chi connectivity index (χ3n) is 2.72. The van der Waals surface area contributed by atoms with Gasteiger partial charge in [-0.1, -0.05) is 0 Å². The lowest BCUT2D eigenvalue weighted by molar-refractivity contribution is 0.267. The minimum atomic E-state index is 0.601. The molecule has 0 spiro atoms. The topological polar surface area (TPSA) is 47.1 Å². The fourth-order valence-corrected chi connectivity index (χ4v) is 2.31. The van der Waals surface area contributed by atoms with E-state index in [9.17, 15) is 0 Å². The van der Waals surface area contributed by atoms with Crippen LogP contribution >= 0.6 is 11.8 Å². The van der Waals surface area contributed by atoms with E-state index in [0.717, 1.165) is 19.5 Å². The predicted octanol–water partition coefficient (Wildman–Crippen LogP) is 1.54. The smallest absolute Gasteiger partial charge is 0.145 e. The lowest BCUT2D eigenvalue weighted by Gasteiger charge is -2.23. The van der Waals surface area contributed by atoms with E-state index in [1.807, 2.05) is 28.7 Å². The van der Waals surface area contributed by atoms with Crippen LogP contribution in [0.1, 0.15) is 13.3 Å². The zero-order valence-corrected chi connectivity index (χ0v) is 11.2. The van der Waals surface area contributed by atoms with E-state index >= 15 is 0 Å². The first kappa shape index (κ1) is 13.4. The number of anilines is 1. The third kappa shape index (κ3) is 4.45. The maximum Gasteiger partial charge on any atom is 0.145 e. The van der Waals surface area contributed by atoms with Gasteiger partial charge in [0.2, 0.25) is 0 Å². The fraction of sp³-hybridized carbons (Fsp3) is 0.727. The number of nitrogens with two attached hydrogens (primary N) is 1. The summed E-state index contributed by atoms with van der Waals surface area (Å²) in [5.74, 6) is 1.79. The lowest BCUT2D eigenvalue weighted by atomic mass is 10.3. The van der Waals surface area contributed by atoms with Gasteiger partial charge in [-0.15, -0.1) is 0 Å². The Morgan fingerprint density at radius 3 is 2.94 bits per heavy atom. The molecule has 0 radical (unpaired) electrons. The molecule has 1 unspecified atom stereocenters. The molecule has 1 heterocycles. The highest BCUT2D eigenvalue weighted by Gasteiger charge is 2.07. The molecule has 0 saturated carbocycles. The summed E-state index contributed by atoms with van der Waals surface area (Å²) in [4.78, 5) is 2.39. The summed E-state index contributed by atoms with van der Waals surface area (Å²) in [6.45, 7) is 4.30. The molecule has 2 N–H and O–H groups in total. The van der Waals surface area contributed by atoms with E-state index < -0.39 is 0 Å². The first-order valence-corrected chi connectivity index (χ1v) is 7.01. The van der Waals surface area contributed by atoms with E-state index in [-0.39, 0.29) is 0 Å². The molecule has 0 fully saturated rings. The van der Waals surface area contributed by atoms with Crippen molar-refractivity contribution in [2.75, 3.05) is 31.3 Å². The van der Waals surface area contributed by atoms with E-state index in [0.29, 0.717) is 11.9 Å². The molecule has 0 bridgehead atoms. The zero-order chi connectivity index (χ0) is 12.0. The number of hydrogen-bond donors (Lipinski definition) is 1. The summed E-state index contributed by atoms with van der Waals surface area (Å²) in [6, 6.07) is 2.47. The van der Waals surface area contributed by atoms with Crippen molar-refractivity contribution in [2.24, 2.45) is 0 Å². The molecule has 0 saturated heterocycles. The van der Waals surface area contributed by atoms with Crippen molar-refractivity contribution in [2.45, 2.75) is 25.9 Å². The quantitative estimate of drug-likeness (QED) is 0.788. The molecule has 0 aliphatic heterocycles. The molecular formula is C11H22N4S. The molecule has 1 aromatic heterocycles. The van der Waals surface area contributed by atoms with Crippen LogP contribution in [0.2, 0.25) is 0 Å². The minimum Gasteiger partial charge on any atom is -0.382 e. The second-order valence-electron chi connectivity index (χ2n) is 4.14. The van der Waals surface area contributed by atoms with Gasteiger partial charge in [-0.2, -0.15) is 16.9 Å². The van der Waals surface area contributed by atoms with Gasteiger partial charge >= 0.3 is 0 Å². The molecule has 1 rings (SSSR count). The average molecular weight is 242 g/mol. The Morgan fingerprint density at radius 2 is 2.38 bits per heavy atom. The summed E-state index contributed by atoms with van der Waals surface area (Å²) < 4.78 is 1.91. The Labute approximate surface area is 102 Å². The van der Waals surface area contributed by atoms with Gasteiger partial charge in [-0.05, 0) is 39.3 Å². The van der Waals surface area contributed by atoms with Crippen molar-refractivity contribution < 1.29 is 0 Å². The standard InChI is InChI=1S/C11H22N4S/c1-10(9-16-3)14(2)6-4-7-15-8-5-11(12)13-15/h5,8,10H,4,6-7,9H2,1-3H3,(H2,12,13). The van der Waals surface area contributed by atoms with Crippen molar-refractivity contribution in [1.29, 1.82) is 0 Å². The van der Waals surface area contributed by atoms with E-state index in [1.165, 1.54) is 5.75 Å². The van der Waals surface area contributed by atoms with Crippen LogP contribution in [0.4, 0.5) is 5.82 Å². The number of nitrogen functional groups attached to an aromatic ring is 1. The van der Waals surface area contributed by atoms with Gasteiger partial charge in [-0.25, -0.2) is 0 Å². The summed E-state index contributed by atoms with van der Waals surface area (Å²) in [7, 11) is 2.18. The second-order valence-corrected chi connectivity index (χ2v) is 5.05. The molecule has 5 heteroatoms. The van der Waals surface area contributed by atoms with E-state index in [1.54, 1.807) is 0 Å². The number of aryl methyl sites for hydroxylation is 1. The normalized spacial score (nSPS) is 13.2. The van der Waals surface area contributed by atoms with Crippen molar-refractivity contribution in [3.8, 4) is 0 Å². The molecule has 0 amide bonds. The van der Waals surface area contributed by atoms with Gasteiger partial charge in [0.15, 0.2) is 0 Å². The number of aromatic nitrogens is 2. The number of nitrogens with zero attached hydrogens (tertiary/aromatic N) is 3.